The van der Waals surface area contributed by atoms with Gasteiger partial charge in [-0.05, 0) is 55.0 Å². The van der Waals surface area contributed by atoms with Crippen LogP contribution in [0.1, 0.15) is 18.1 Å². The molecule has 0 amide bonds. The van der Waals surface area contributed by atoms with Crippen LogP contribution in [-0.2, 0) is 19.1 Å². The Balaban J connectivity index is 1.84. The zero-order valence-electron chi connectivity index (χ0n) is 17.1. The number of hydrogen-bond donors (Lipinski definition) is 0. The van der Waals surface area contributed by atoms with Crippen LogP contribution in [0.5, 0.6) is 17.2 Å². The summed E-state index contributed by atoms with van der Waals surface area (Å²) in [5.41, 5.74) is 1.28. The van der Waals surface area contributed by atoms with Crippen molar-refractivity contribution in [3.63, 3.8) is 0 Å². The second-order valence-electron chi connectivity index (χ2n) is 6.19. The van der Waals surface area contributed by atoms with Gasteiger partial charge in [0.25, 0.3) is 0 Å². The molecule has 1 heterocycles. The molecule has 0 aromatic heterocycles. The first-order valence-corrected chi connectivity index (χ1v) is 9.66. The Morgan fingerprint density at radius 3 is 2.55 bits per heavy atom. The molecular formula is C22H20ClNO7. The van der Waals surface area contributed by atoms with Crippen molar-refractivity contribution in [2.45, 2.75) is 6.92 Å². The van der Waals surface area contributed by atoms with Gasteiger partial charge in [0, 0.05) is 5.56 Å². The van der Waals surface area contributed by atoms with Crippen LogP contribution in [0.2, 0.25) is 5.02 Å². The highest BCUT2D eigenvalue weighted by molar-refractivity contribution is 6.32. The predicted molar refractivity (Wildman–Crippen MR) is 114 cm³/mol. The minimum absolute atomic E-state index is 0.101. The van der Waals surface area contributed by atoms with Crippen LogP contribution < -0.4 is 14.2 Å². The molecule has 1 aliphatic heterocycles. The number of aliphatic imine (C=N–C) groups is 1. The SMILES string of the molecule is CCOC(=O)COc1c(Cl)cc(C=C2N=C(c3ccc(OC)cc3)OC2=O)cc1OC. The normalized spacial score (nSPS) is 14.1. The molecule has 9 heteroatoms. The fraction of sp³-hybridized carbons (Fsp3) is 0.227. The minimum Gasteiger partial charge on any atom is -0.497 e. The number of methoxy groups -OCH3 is 2. The van der Waals surface area contributed by atoms with E-state index in [-0.39, 0.29) is 41.3 Å². The number of ether oxygens (including phenoxy) is 5. The number of rotatable bonds is 8. The highest BCUT2D eigenvalue weighted by Crippen LogP contribution is 2.37. The van der Waals surface area contributed by atoms with E-state index < -0.39 is 11.9 Å². The molecule has 3 rings (SSSR count). The van der Waals surface area contributed by atoms with Gasteiger partial charge in [0.2, 0.25) is 5.90 Å². The minimum atomic E-state index is -0.594. The maximum Gasteiger partial charge on any atom is 0.363 e. The van der Waals surface area contributed by atoms with Gasteiger partial charge in [-0.3, -0.25) is 0 Å². The first-order valence-electron chi connectivity index (χ1n) is 9.28. The highest BCUT2D eigenvalue weighted by Gasteiger charge is 2.24. The third-order valence-corrected chi connectivity index (χ3v) is 4.43. The van der Waals surface area contributed by atoms with Crippen LogP contribution in [0.3, 0.4) is 0 Å². The lowest BCUT2D eigenvalue weighted by atomic mass is 10.1. The summed E-state index contributed by atoms with van der Waals surface area (Å²) >= 11 is 6.30. The number of benzene rings is 2. The number of carbonyl (C=O) groups is 2. The Kier molecular flexibility index (Phi) is 7.15. The molecular weight excluding hydrogens is 426 g/mol. The lowest BCUT2D eigenvalue weighted by Gasteiger charge is -2.12. The molecule has 0 unspecified atom stereocenters. The molecule has 0 bridgehead atoms. The Bertz CT molecular complexity index is 1040. The van der Waals surface area contributed by atoms with Gasteiger partial charge in [-0.15, -0.1) is 0 Å². The summed E-state index contributed by atoms with van der Waals surface area (Å²) in [6.07, 6.45) is 1.52. The maximum atomic E-state index is 12.3. The van der Waals surface area contributed by atoms with Gasteiger partial charge in [-0.2, -0.15) is 0 Å². The highest BCUT2D eigenvalue weighted by atomic mass is 35.5. The zero-order valence-corrected chi connectivity index (χ0v) is 17.9. The monoisotopic (exact) mass is 445 g/mol. The van der Waals surface area contributed by atoms with Crippen LogP contribution >= 0.6 is 11.6 Å². The van der Waals surface area contributed by atoms with E-state index in [4.69, 9.17) is 35.3 Å². The van der Waals surface area contributed by atoms with Crippen molar-refractivity contribution < 1.29 is 33.3 Å². The fourth-order valence-corrected chi connectivity index (χ4v) is 2.99. The Morgan fingerprint density at radius 1 is 1.16 bits per heavy atom. The quantitative estimate of drug-likeness (QED) is 0.452. The van der Waals surface area contributed by atoms with Gasteiger partial charge in [-0.1, -0.05) is 11.6 Å². The van der Waals surface area contributed by atoms with Gasteiger partial charge < -0.3 is 23.7 Å². The number of hydrogen-bond acceptors (Lipinski definition) is 8. The lowest BCUT2D eigenvalue weighted by Crippen LogP contribution is -2.15. The zero-order chi connectivity index (χ0) is 22.4. The summed E-state index contributed by atoms with van der Waals surface area (Å²) in [6, 6.07) is 10.1. The molecule has 162 valence electrons. The number of esters is 2. The third-order valence-electron chi connectivity index (χ3n) is 4.15. The average molecular weight is 446 g/mol. The standard InChI is InChI=1S/C22H20ClNO7/c1-4-29-19(25)12-30-20-16(23)9-13(11-18(20)28-3)10-17-22(26)31-21(24-17)14-5-7-15(27-2)8-6-14/h5-11H,4,12H2,1-3H3. The molecule has 0 fully saturated rings. The van der Waals surface area contributed by atoms with E-state index in [9.17, 15) is 9.59 Å². The van der Waals surface area contributed by atoms with E-state index in [0.717, 1.165) is 0 Å². The van der Waals surface area contributed by atoms with E-state index in [1.54, 1.807) is 50.4 Å². The molecule has 0 atom stereocenters. The van der Waals surface area contributed by atoms with Crippen LogP contribution in [0.25, 0.3) is 6.08 Å². The molecule has 0 spiro atoms. The molecule has 2 aromatic carbocycles. The lowest BCUT2D eigenvalue weighted by molar-refractivity contribution is -0.145. The Morgan fingerprint density at radius 2 is 1.90 bits per heavy atom. The predicted octanol–water partition coefficient (Wildman–Crippen LogP) is 3.64. The van der Waals surface area contributed by atoms with Gasteiger partial charge in [-0.25, -0.2) is 14.6 Å². The molecule has 0 radical (unpaired) electrons. The van der Waals surface area contributed by atoms with Crippen molar-refractivity contribution in [2.24, 2.45) is 4.99 Å². The van der Waals surface area contributed by atoms with Crippen LogP contribution in [-0.4, -0.2) is 45.3 Å². The number of cyclic esters (lactones) is 1. The van der Waals surface area contributed by atoms with Crippen molar-refractivity contribution in [1.82, 2.24) is 0 Å². The van der Waals surface area contributed by atoms with Crippen molar-refractivity contribution in [2.75, 3.05) is 27.4 Å². The second kappa shape index (κ2) is 9.99. The van der Waals surface area contributed by atoms with E-state index in [2.05, 4.69) is 4.99 Å². The number of nitrogens with zero attached hydrogens (tertiary/aromatic N) is 1. The van der Waals surface area contributed by atoms with Gasteiger partial charge in [0.05, 0.1) is 25.8 Å². The number of carbonyl (C=O) groups excluding carboxylic acids is 2. The molecule has 0 saturated carbocycles. The van der Waals surface area contributed by atoms with Crippen molar-refractivity contribution in [3.8, 4) is 17.2 Å². The molecule has 0 N–H and O–H groups in total. The molecule has 0 saturated heterocycles. The third kappa shape index (κ3) is 5.35. The van der Waals surface area contributed by atoms with Gasteiger partial charge in [0.15, 0.2) is 23.8 Å². The fourth-order valence-electron chi connectivity index (χ4n) is 2.72. The van der Waals surface area contributed by atoms with Crippen LogP contribution in [0, 0.1) is 0 Å². The van der Waals surface area contributed by atoms with Crippen LogP contribution in [0.4, 0.5) is 0 Å². The molecule has 31 heavy (non-hydrogen) atoms. The molecule has 1 aliphatic rings. The topological polar surface area (TPSA) is 92.7 Å². The molecule has 8 nitrogen and oxygen atoms in total. The van der Waals surface area contributed by atoms with Gasteiger partial charge >= 0.3 is 11.9 Å². The summed E-state index contributed by atoms with van der Waals surface area (Å²) in [4.78, 5) is 28.1. The summed E-state index contributed by atoms with van der Waals surface area (Å²) in [6.45, 7) is 1.63. The smallest absolute Gasteiger partial charge is 0.363 e. The first-order chi connectivity index (χ1) is 14.9. The van der Waals surface area contributed by atoms with Gasteiger partial charge in [0.1, 0.15) is 5.75 Å². The Hall–Kier alpha value is -3.52. The Labute approximate surface area is 184 Å². The van der Waals surface area contributed by atoms with Crippen molar-refractivity contribution in [3.05, 3.63) is 58.2 Å². The molecule has 2 aromatic rings. The van der Waals surface area contributed by atoms with E-state index >= 15 is 0 Å². The first kappa shape index (κ1) is 22.2. The second-order valence-corrected chi connectivity index (χ2v) is 6.60. The van der Waals surface area contributed by atoms with Crippen molar-refractivity contribution >= 4 is 35.5 Å². The van der Waals surface area contributed by atoms with E-state index in [0.29, 0.717) is 16.9 Å². The summed E-state index contributed by atoms with van der Waals surface area (Å²) in [5, 5.41) is 0.196. The summed E-state index contributed by atoms with van der Waals surface area (Å²) < 4.78 is 26.0. The average Bonchev–Trinajstić information content (AvgIpc) is 3.13. The summed E-state index contributed by atoms with van der Waals surface area (Å²) in [7, 11) is 3.00. The molecule has 0 aliphatic carbocycles. The van der Waals surface area contributed by atoms with Crippen molar-refractivity contribution in [1.29, 1.82) is 0 Å². The van der Waals surface area contributed by atoms with Crippen LogP contribution in [0.15, 0.2) is 47.1 Å². The maximum absolute atomic E-state index is 12.3. The van der Waals surface area contributed by atoms with E-state index in [1.807, 2.05) is 0 Å². The number of halogens is 1. The largest absolute Gasteiger partial charge is 0.497 e. The summed E-state index contributed by atoms with van der Waals surface area (Å²) in [5.74, 6) is 0.220. The van der Waals surface area contributed by atoms with E-state index in [1.165, 1.54) is 13.2 Å².